The van der Waals surface area contributed by atoms with Gasteiger partial charge in [0.15, 0.2) is 0 Å². The van der Waals surface area contributed by atoms with Crippen molar-refractivity contribution in [3.63, 3.8) is 0 Å². The summed E-state index contributed by atoms with van der Waals surface area (Å²) in [5, 5.41) is 6.98. The molecule has 3 aromatic rings. The van der Waals surface area contributed by atoms with E-state index in [0.29, 0.717) is 5.69 Å². The van der Waals surface area contributed by atoms with E-state index in [0.717, 1.165) is 21.9 Å². The quantitative estimate of drug-likeness (QED) is 0.424. The van der Waals surface area contributed by atoms with E-state index in [1.165, 1.54) is 31.1 Å². The van der Waals surface area contributed by atoms with Crippen LogP contribution in [0.1, 0.15) is 16.1 Å². The number of alkyl halides is 3. The summed E-state index contributed by atoms with van der Waals surface area (Å²) in [5.41, 5.74) is -0.391. The van der Waals surface area contributed by atoms with Crippen molar-refractivity contribution in [2.75, 3.05) is 17.7 Å². The largest absolute Gasteiger partial charge is 0.417 e. The van der Waals surface area contributed by atoms with E-state index in [9.17, 15) is 22.8 Å². The molecule has 0 radical (unpaired) electrons. The van der Waals surface area contributed by atoms with Crippen molar-refractivity contribution in [1.29, 1.82) is 0 Å². The molecule has 0 aliphatic rings. The van der Waals surface area contributed by atoms with E-state index in [1.54, 1.807) is 30.3 Å². The van der Waals surface area contributed by atoms with Gasteiger partial charge in [-0.15, -0.1) is 0 Å². The van der Waals surface area contributed by atoms with E-state index in [-0.39, 0.29) is 17.3 Å². The molecule has 1 heterocycles. The van der Waals surface area contributed by atoms with Crippen LogP contribution in [0.25, 0.3) is 0 Å². The molecule has 11 heteroatoms. The lowest BCUT2D eigenvalue weighted by molar-refractivity contribution is -0.137. The highest BCUT2D eigenvalue weighted by atomic mass is 35.5. The summed E-state index contributed by atoms with van der Waals surface area (Å²) >= 11 is 6.94. The third-order valence-corrected chi connectivity index (χ3v) is 5.36. The normalized spacial score (nSPS) is 11.0. The van der Waals surface area contributed by atoms with Gasteiger partial charge in [-0.1, -0.05) is 29.4 Å². The first-order chi connectivity index (χ1) is 15.2. The molecule has 3 rings (SSSR count). The highest BCUT2D eigenvalue weighted by Gasteiger charge is 2.33. The van der Waals surface area contributed by atoms with Crippen molar-refractivity contribution >= 4 is 46.7 Å². The van der Waals surface area contributed by atoms with Crippen LogP contribution in [0.2, 0.25) is 5.02 Å². The van der Waals surface area contributed by atoms with Gasteiger partial charge in [-0.2, -0.15) is 13.2 Å². The van der Waals surface area contributed by atoms with Gasteiger partial charge in [0.05, 0.1) is 10.6 Å². The van der Waals surface area contributed by atoms with Gasteiger partial charge in [-0.3, -0.25) is 9.78 Å². The molecule has 1 aromatic heterocycles. The summed E-state index contributed by atoms with van der Waals surface area (Å²) in [5.74, 6) is -0.310. The number of anilines is 2. The van der Waals surface area contributed by atoms with Crippen LogP contribution in [0.5, 0.6) is 0 Å². The van der Waals surface area contributed by atoms with Gasteiger partial charge in [0.25, 0.3) is 5.91 Å². The first-order valence-electron chi connectivity index (χ1n) is 9.06. The van der Waals surface area contributed by atoms with Gasteiger partial charge in [0.1, 0.15) is 5.69 Å². The molecule has 3 amide bonds. The average molecular weight is 481 g/mol. The first kappa shape index (κ1) is 23.4. The number of hydrogen-bond donors (Lipinski definition) is 3. The molecule has 0 spiro atoms. The lowest BCUT2D eigenvalue weighted by Gasteiger charge is -2.12. The maximum atomic E-state index is 13.0. The van der Waals surface area contributed by atoms with E-state index >= 15 is 0 Å². The number of benzene rings is 2. The molecular weight excluding hydrogens is 465 g/mol. The minimum absolute atomic E-state index is 0.0525. The Morgan fingerprint density at radius 2 is 1.66 bits per heavy atom. The fourth-order valence-corrected chi connectivity index (χ4v) is 3.74. The molecule has 166 valence electrons. The number of rotatable bonds is 5. The minimum Gasteiger partial charge on any atom is -0.354 e. The van der Waals surface area contributed by atoms with Gasteiger partial charge in [0.2, 0.25) is 0 Å². The third kappa shape index (κ3) is 6.14. The van der Waals surface area contributed by atoms with E-state index in [1.807, 2.05) is 6.07 Å². The highest BCUT2D eigenvalue weighted by molar-refractivity contribution is 7.99. The number of nitrogens with one attached hydrogen (secondary N) is 3. The van der Waals surface area contributed by atoms with Crippen molar-refractivity contribution < 1.29 is 22.8 Å². The Hall–Kier alpha value is -3.24. The summed E-state index contributed by atoms with van der Waals surface area (Å²) < 4.78 is 39.0. The molecular formula is C21H16ClF3N4O2S. The van der Waals surface area contributed by atoms with Gasteiger partial charge in [0, 0.05) is 34.4 Å². The summed E-state index contributed by atoms with van der Waals surface area (Å²) in [4.78, 5) is 29.5. The number of urea groups is 1. The third-order valence-electron chi connectivity index (χ3n) is 4.05. The zero-order chi connectivity index (χ0) is 23.3. The number of hydrogen-bond acceptors (Lipinski definition) is 4. The Labute approximate surface area is 190 Å². The molecule has 0 saturated carbocycles. The second-order valence-electron chi connectivity index (χ2n) is 6.36. The Morgan fingerprint density at radius 1 is 0.969 bits per heavy atom. The lowest BCUT2D eigenvalue weighted by Crippen LogP contribution is -2.20. The van der Waals surface area contributed by atoms with Crippen LogP contribution >= 0.6 is 23.4 Å². The molecule has 0 saturated heterocycles. The summed E-state index contributed by atoms with van der Waals surface area (Å²) in [6.45, 7) is 0. The van der Waals surface area contributed by atoms with Gasteiger partial charge < -0.3 is 16.0 Å². The fourth-order valence-electron chi connectivity index (χ4n) is 2.61. The number of pyridine rings is 1. The average Bonchev–Trinajstić information content (AvgIpc) is 2.74. The monoisotopic (exact) mass is 480 g/mol. The van der Waals surface area contributed by atoms with Crippen LogP contribution in [0.3, 0.4) is 0 Å². The van der Waals surface area contributed by atoms with Crippen LogP contribution in [0.15, 0.2) is 70.6 Å². The van der Waals surface area contributed by atoms with Crippen LogP contribution in [-0.4, -0.2) is 24.0 Å². The fraction of sp³-hybridized carbons (Fsp3) is 0.0952. The molecule has 0 aliphatic carbocycles. The smallest absolute Gasteiger partial charge is 0.354 e. The summed E-state index contributed by atoms with van der Waals surface area (Å²) in [6.07, 6.45) is -3.12. The van der Waals surface area contributed by atoms with Crippen LogP contribution in [-0.2, 0) is 6.18 Å². The molecule has 3 N–H and O–H groups in total. The second-order valence-corrected chi connectivity index (χ2v) is 7.91. The van der Waals surface area contributed by atoms with Gasteiger partial charge in [-0.05, 0) is 48.5 Å². The first-order valence-corrected chi connectivity index (χ1v) is 10.3. The predicted octanol–water partition coefficient (Wildman–Crippen LogP) is 5.91. The summed E-state index contributed by atoms with van der Waals surface area (Å²) in [6, 6.07) is 12.6. The van der Waals surface area contributed by atoms with Gasteiger partial charge >= 0.3 is 12.2 Å². The zero-order valence-corrected chi connectivity index (χ0v) is 18.0. The molecule has 0 aliphatic heterocycles. The maximum absolute atomic E-state index is 13.0. The Morgan fingerprint density at radius 3 is 2.34 bits per heavy atom. The van der Waals surface area contributed by atoms with Crippen LogP contribution in [0.4, 0.5) is 29.3 Å². The number of carbonyl (C=O) groups excluding carboxylic acids is 2. The molecule has 2 aromatic carbocycles. The molecule has 6 nitrogen and oxygen atoms in total. The molecule has 0 fully saturated rings. The molecule has 32 heavy (non-hydrogen) atoms. The van der Waals surface area contributed by atoms with Crippen molar-refractivity contribution in [3.8, 4) is 0 Å². The lowest BCUT2D eigenvalue weighted by atomic mass is 10.2. The number of aromatic nitrogens is 1. The Bertz CT molecular complexity index is 1160. The van der Waals surface area contributed by atoms with E-state index < -0.39 is 22.8 Å². The number of amides is 3. The van der Waals surface area contributed by atoms with Crippen molar-refractivity contribution in [1.82, 2.24) is 10.3 Å². The van der Waals surface area contributed by atoms with Crippen molar-refractivity contribution in [2.45, 2.75) is 16.0 Å². The zero-order valence-electron chi connectivity index (χ0n) is 16.5. The van der Waals surface area contributed by atoms with Gasteiger partial charge in [-0.25, -0.2) is 4.79 Å². The van der Waals surface area contributed by atoms with Crippen LogP contribution < -0.4 is 16.0 Å². The number of halogens is 4. The highest BCUT2D eigenvalue weighted by Crippen LogP contribution is 2.36. The standard InChI is InChI=1S/C21H16ClF3N4O2S/c1-26-19(30)18-11-15(7-8-27-18)32-14-4-2-3-12(9-14)28-20(31)29-13-5-6-17(22)16(10-13)21(23,24)25/h2-11H,1H3,(H,26,30)(H2,28,29,31). The Kier molecular flexibility index (Phi) is 7.26. The molecule has 0 atom stereocenters. The molecule has 0 unspecified atom stereocenters. The predicted molar refractivity (Wildman–Crippen MR) is 117 cm³/mol. The SMILES string of the molecule is CNC(=O)c1cc(Sc2cccc(NC(=O)Nc3ccc(Cl)c(C(F)(F)F)c3)c2)ccn1. The van der Waals surface area contributed by atoms with Crippen molar-refractivity contribution in [3.05, 3.63) is 77.1 Å². The number of nitrogens with zero attached hydrogens (tertiary/aromatic N) is 1. The Balaban J connectivity index is 1.69. The molecule has 0 bridgehead atoms. The topological polar surface area (TPSA) is 83.1 Å². The van der Waals surface area contributed by atoms with E-state index in [2.05, 4.69) is 20.9 Å². The second kappa shape index (κ2) is 9.92. The van der Waals surface area contributed by atoms with Crippen LogP contribution in [0, 0.1) is 0 Å². The van der Waals surface area contributed by atoms with E-state index in [4.69, 9.17) is 11.6 Å². The maximum Gasteiger partial charge on any atom is 0.417 e. The summed E-state index contributed by atoms with van der Waals surface area (Å²) in [7, 11) is 1.51. The van der Waals surface area contributed by atoms with Crippen molar-refractivity contribution in [2.24, 2.45) is 0 Å². The minimum atomic E-state index is -4.64. The number of carbonyl (C=O) groups is 2.